The lowest BCUT2D eigenvalue weighted by atomic mass is 10.0. The summed E-state index contributed by atoms with van der Waals surface area (Å²) < 4.78 is 0. The first kappa shape index (κ1) is 23.0. The summed E-state index contributed by atoms with van der Waals surface area (Å²) in [6.45, 7) is 4.54. The summed E-state index contributed by atoms with van der Waals surface area (Å²) in [5.74, 6) is 0.356. The average Bonchev–Trinajstić information content (AvgIpc) is 2.66. The highest BCUT2D eigenvalue weighted by molar-refractivity contribution is 5.25. The highest BCUT2D eigenvalue weighted by atomic mass is 16.3. The quantitative estimate of drug-likeness (QED) is 0.276. The molecule has 0 aliphatic rings. The van der Waals surface area contributed by atoms with E-state index < -0.39 is 0 Å². The lowest BCUT2D eigenvalue weighted by Gasteiger charge is -2.06. The fourth-order valence-corrected chi connectivity index (χ4v) is 3.47. The van der Waals surface area contributed by atoms with Gasteiger partial charge >= 0.3 is 0 Å². The van der Waals surface area contributed by atoms with Gasteiger partial charge in [0.15, 0.2) is 0 Å². The van der Waals surface area contributed by atoms with Crippen LogP contribution < -0.4 is 5.32 Å². The van der Waals surface area contributed by atoms with Gasteiger partial charge in [-0.15, -0.1) is 0 Å². The van der Waals surface area contributed by atoms with E-state index >= 15 is 0 Å². The van der Waals surface area contributed by atoms with Crippen LogP contribution in [-0.4, -0.2) is 18.2 Å². The van der Waals surface area contributed by atoms with Crippen LogP contribution in [0.25, 0.3) is 0 Å². The maximum Gasteiger partial charge on any atom is 0.115 e. The molecule has 0 spiro atoms. The third-order valence-corrected chi connectivity index (χ3v) is 5.21. The largest absolute Gasteiger partial charge is 0.508 e. The standard InChI is InChI=1S/C24H43NO/c1-2-3-4-5-6-7-8-9-10-11-12-13-14-21-25-22-15-16-23-17-19-24(26)20-18-23/h17-20,25-26H,2-16,21-22H2,1H3. The van der Waals surface area contributed by atoms with E-state index in [4.69, 9.17) is 0 Å². The molecule has 0 radical (unpaired) electrons. The van der Waals surface area contributed by atoms with E-state index in [0.717, 1.165) is 19.5 Å². The molecule has 1 rings (SSSR count). The van der Waals surface area contributed by atoms with Crippen LogP contribution >= 0.6 is 0 Å². The molecule has 0 aromatic heterocycles. The Balaban J connectivity index is 1.72. The van der Waals surface area contributed by atoms with Gasteiger partial charge in [0.2, 0.25) is 0 Å². The minimum Gasteiger partial charge on any atom is -0.508 e. The van der Waals surface area contributed by atoms with Crippen LogP contribution in [0, 0.1) is 0 Å². The van der Waals surface area contributed by atoms with Gasteiger partial charge in [0.1, 0.15) is 5.75 Å². The number of hydrogen-bond donors (Lipinski definition) is 2. The van der Waals surface area contributed by atoms with Gasteiger partial charge in [-0.05, 0) is 50.0 Å². The molecule has 0 fully saturated rings. The van der Waals surface area contributed by atoms with Crippen molar-refractivity contribution >= 4 is 0 Å². The van der Waals surface area contributed by atoms with Gasteiger partial charge in [0.25, 0.3) is 0 Å². The molecule has 0 heterocycles. The van der Waals surface area contributed by atoms with Crippen LogP contribution in [0.4, 0.5) is 0 Å². The van der Waals surface area contributed by atoms with E-state index in [-0.39, 0.29) is 0 Å². The third-order valence-electron chi connectivity index (χ3n) is 5.21. The normalized spacial score (nSPS) is 11.1. The molecule has 1 aromatic carbocycles. The molecule has 0 aliphatic carbocycles. The zero-order valence-corrected chi connectivity index (χ0v) is 17.3. The second-order valence-corrected chi connectivity index (χ2v) is 7.76. The number of unbranched alkanes of at least 4 members (excludes halogenated alkanes) is 12. The average molecular weight is 362 g/mol. The topological polar surface area (TPSA) is 32.3 Å². The molecule has 2 N–H and O–H groups in total. The van der Waals surface area contributed by atoms with Crippen LogP contribution in [0.2, 0.25) is 0 Å². The summed E-state index contributed by atoms with van der Waals surface area (Å²) in [5, 5.41) is 12.8. The highest BCUT2D eigenvalue weighted by Gasteiger charge is 1.96. The molecule has 150 valence electrons. The van der Waals surface area contributed by atoms with Gasteiger partial charge in [-0.25, -0.2) is 0 Å². The van der Waals surface area contributed by atoms with Gasteiger partial charge in [-0.2, -0.15) is 0 Å². The minimum absolute atomic E-state index is 0.356. The van der Waals surface area contributed by atoms with Crippen LogP contribution in [0.15, 0.2) is 24.3 Å². The van der Waals surface area contributed by atoms with E-state index in [0.29, 0.717) is 5.75 Å². The van der Waals surface area contributed by atoms with Crippen molar-refractivity contribution in [1.82, 2.24) is 5.32 Å². The van der Waals surface area contributed by atoms with E-state index in [9.17, 15) is 5.11 Å². The van der Waals surface area contributed by atoms with E-state index in [1.807, 2.05) is 12.1 Å². The number of aromatic hydroxyl groups is 1. The van der Waals surface area contributed by atoms with Crippen molar-refractivity contribution in [2.75, 3.05) is 13.1 Å². The van der Waals surface area contributed by atoms with Crippen molar-refractivity contribution in [3.05, 3.63) is 29.8 Å². The molecule has 0 amide bonds. The van der Waals surface area contributed by atoms with Crippen molar-refractivity contribution in [3.63, 3.8) is 0 Å². The minimum atomic E-state index is 0.356. The van der Waals surface area contributed by atoms with Crippen LogP contribution in [0.5, 0.6) is 5.75 Å². The van der Waals surface area contributed by atoms with E-state index in [1.165, 1.54) is 95.5 Å². The molecular formula is C24H43NO. The summed E-state index contributed by atoms with van der Waals surface area (Å²) in [5.41, 5.74) is 1.31. The number of phenolic OH excluding ortho intramolecular Hbond substituents is 1. The molecule has 0 bridgehead atoms. The molecule has 1 aromatic rings. The van der Waals surface area contributed by atoms with E-state index in [1.54, 1.807) is 12.1 Å². The number of rotatable bonds is 18. The fourth-order valence-electron chi connectivity index (χ4n) is 3.47. The summed E-state index contributed by atoms with van der Waals surface area (Å²) in [6.07, 6.45) is 20.7. The van der Waals surface area contributed by atoms with Crippen molar-refractivity contribution in [2.24, 2.45) is 0 Å². The number of nitrogens with one attached hydrogen (secondary N) is 1. The molecule has 0 atom stereocenters. The molecular weight excluding hydrogens is 318 g/mol. The Morgan fingerprint density at radius 2 is 1.08 bits per heavy atom. The molecule has 0 saturated carbocycles. The second kappa shape index (κ2) is 17.4. The number of phenols is 1. The number of aryl methyl sites for hydroxylation is 1. The van der Waals surface area contributed by atoms with Crippen LogP contribution in [0.3, 0.4) is 0 Å². The fraction of sp³-hybridized carbons (Fsp3) is 0.750. The Kier molecular flexibility index (Phi) is 15.4. The first-order valence-electron chi connectivity index (χ1n) is 11.3. The van der Waals surface area contributed by atoms with Crippen molar-refractivity contribution < 1.29 is 5.11 Å². The Hall–Kier alpha value is -1.02. The first-order valence-corrected chi connectivity index (χ1v) is 11.3. The van der Waals surface area contributed by atoms with Gasteiger partial charge in [0.05, 0.1) is 0 Å². The predicted molar refractivity (Wildman–Crippen MR) is 115 cm³/mol. The van der Waals surface area contributed by atoms with Crippen molar-refractivity contribution in [3.8, 4) is 5.75 Å². The van der Waals surface area contributed by atoms with E-state index in [2.05, 4.69) is 12.2 Å². The summed E-state index contributed by atoms with van der Waals surface area (Å²) >= 11 is 0. The zero-order chi connectivity index (χ0) is 18.7. The third kappa shape index (κ3) is 14.2. The predicted octanol–water partition coefficient (Wildman–Crippen LogP) is 7.01. The number of benzene rings is 1. The molecule has 0 aliphatic heterocycles. The van der Waals surface area contributed by atoms with Crippen molar-refractivity contribution in [2.45, 2.75) is 103 Å². The molecule has 2 nitrogen and oxygen atoms in total. The van der Waals surface area contributed by atoms with Gasteiger partial charge in [0, 0.05) is 0 Å². The number of hydrogen-bond acceptors (Lipinski definition) is 2. The highest BCUT2D eigenvalue weighted by Crippen LogP contribution is 2.12. The molecule has 2 heteroatoms. The SMILES string of the molecule is CCCCCCCCCCCCCCCNCCCc1ccc(O)cc1. The van der Waals surface area contributed by atoms with Crippen molar-refractivity contribution in [1.29, 1.82) is 0 Å². The Labute approximate surface area is 162 Å². The summed E-state index contributed by atoms with van der Waals surface area (Å²) in [7, 11) is 0. The second-order valence-electron chi connectivity index (χ2n) is 7.76. The molecule has 0 unspecified atom stereocenters. The zero-order valence-electron chi connectivity index (χ0n) is 17.3. The Bertz CT molecular complexity index is 401. The Morgan fingerprint density at radius 3 is 1.62 bits per heavy atom. The smallest absolute Gasteiger partial charge is 0.115 e. The van der Waals surface area contributed by atoms with Crippen LogP contribution in [0.1, 0.15) is 102 Å². The Morgan fingerprint density at radius 1 is 0.615 bits per heavy atom. The monoisotopic (exact) mass is 361 g/mol. The maximum absolute atomic E-state index is 9.26. The summed E-state index contributed by atoms with van der Waals surface area (Å²) in [4.78, 5) is 0. The van der Waals surface area contributed by atoms with Crippen LogP contribution in [-0.2, 0) is 6.42 Å². The maximum atomic E-state index is 9.26. The van der Waals surface area contributed by atoms with Gasteiger partial charge in [-0.1, -0.05) is 96.1 Å². The molecule has 0 saturated heterocycles. The summed E-state index contributed by atoms with van der Waals surface area (Å²) in [6, 6.07) is 7.58. The van der Waals surface area contributed by atoms with Gasteiger partial charge in [-0.3, -0.25) is 0 Å². The lowest BCUT2D eigenvalue weighted by molar-refractivity contribution is 0.475. The first-order chi connectivity index (χ1) is 12.8. The molecule has 26 heavy (non-hydrogen) atoms. The van der Waals surface area contributed by atoms with Gasteiger partial charge < -0.3 is 10.4 Å². The lowest BCUT2D eigenvalue weighted by Crippen LogP contribution is -2.17.